The number of fused-ring (bicyclic) bond motifs is 1. The van der Waals surface area contributed by atoms with E-state index in [1.54, 1.807) is 22.5 Å². The minimum Gasteiger partial charge on any atom is -0.493 e. The first-order valence-corrected chi connectivity index (χ1v) is 9.79. The molecule has 3 aliphatic heterocycles. The summed E-state index contributed by atoms with van der Waals surface area (Å²) in [5.74, 6) is 0.822. The van der Waals surface area contributed by atoms with Crippen LogP contribution in [0.5, 0.6) is 5.75 Å². The lowest BCUT2D eigenvalue weighted by Crippen LogP contribution is -2.52. The third kappa shape index (κ3) is 2.87. The number of piperazine rings is 1. The first-order valence-electron chi connectivity index (χ1n) is 8.35. The van der Waals surface area contributed by atoms with Crippen molar-refractivity contribution in [2.75, 3.05) is 45.9 Å². The molecule has 1 atom stereocenters. The van der Waals surface area contributed by atoms with Gasteiger partial charge in [0.2, 0.25) is 10.0 Å². The van der Waals surface area contributed by atoms with Gasteiger partial charge in [0.25, 0.3) is 0 Å². The second-order valence-electron chi connectivity index (χ2n) is 6.45. The minimum atomic E-state index is -3.40. The molecule has 0 aliphatic carbocycles. The van der Waals surface area contributed by atoms with Crippen molar-refractivity contribution >= 4 is 10.0 Å². The van der Waals surface area contributed by atoms with E-state index in [0.29, 0.717) is 30.6 Å². The summed E-state index contributed by atoms with van der Waals surface area (Å²) in [6.45, 7) is 5.53. The summed E-state index contributed by atoms with van der Waals surface area (Å²) in [6, 6.07) is 5.81. The first-order chi connectivity index (χ1) is 11.1. The average molecular weight is 337 g/mol. The lowest BCUT2D eigenvalue weighted by atomic mass is 10.2. The maximum Gasteiger partial charge on any atom is 0.243 e. The molecule has 4 rings (SSSR count). The van der Waals surface area contributed by atoms with Crippen LogP contribution in [0.15, 0.2) is 23.1 Å². The fourth-order valence-corrected chi connectivity index (χ4v) is 5.21. The van der Waals surface area contributed by atoms with E-state index in [-0.39, 0.29) is 0 Å². The Hall–Kier alpha value is -1.15. The highest BCUT2D eigenvalue weighted by atomic mass is 32.2. The van der Waals surface area contributed by atoms with Crippen LogP contribution in [0.4, 0.5) is 0 Å². The molecule has 0 bridgehead atoms. The molecule has 126 valence electrons. The predicted octanol–water partition coefficient (Wildman–Crippen LogP) is 0.290. The van der Waals surface area contributed by atoms with E-state index < -0.39 is 10.0 Å². The van der Waals surface area contributed by atoms with Gasteiger partial charge in [-0.3, -0.25) is 4.90 Å². The van der Waals surface area contributed by atoms with Gasteiger partial charge in [-0.2, -0.15) is 4.31 Å². The van der Waals surface area contributed by atoms with Crippen LogP contribution in [0.2, 0.25) is 0 Å². The van der Waals surface area contributed by atoms with E-state index in [2.05, 4.69) is 10.2 Å². The van der Waals surface area contributed by atoms with Crippen LogP contribution in [0, 0.1) is 0 Å². The molecule has 2 saturated heterocycles. The summed E-state index contributed by atoms with van der Waals surface area (Å²) < 4.78 is 32.8. The van der Waals surface area contributed by atoms with Gasteiger partial charge in [-0.25, -0.2) is 8.42 Å². The van der Waals surface area contributed by atoms with E-state index in [0.717, 1.165) is 50.3 Å². The molecule has 3 aliphatic rings. The van der Waals surface area contributed by atoms with Crippen LogP contribution in [0.25, 0.3) is 0 Å². The lowest BCUT2D eigenvalue weighted by molar-refractivity contribution is 0.145. The quantitative estimate of drug-likeness (QED) is 0.859. The van der Waals surface area contributed by atoms with Crippen molar-refractivity contribution in [1.82, 2.24) is 14.5 Å². The third-order valence-corrected chi connectivity index (χ3v) is 7.02. The number of hydrogen-bond donors (Lipinski definition) is 1. The molecule has 0 aromatic heterocycles. The van der Waals surface area contributed by atoms with Gasteiger partial charge < -0.3 is 10.1 Å². The molecule has 1 aromatic rings. The SMILES string of the molecule is O=S(=O)(c1ccc2c(c1)CCO2)N1CCN(C2CCNC2)CC1. The van der Waals surface area contributed by atoms with Crippen LogP contribution in [-0.2, 0) is 16.4 Å². The summed E-state index contributed by atoms with van der Waals surface area (Å²) >= 11 is 0. The smallest absolute Gasteiger partial charge is 0.243 e. The standard InChI is InChI=1S/C16H23N3O3S/c20-23(21,15-1-2-16-13(11-15)4-10-22-16)19-8-6-18(7-9-19)14-3-5-17-12-14/h1-2,11,14,17H,3-10,12H2. The fraction of sp³-hybridized carbons (Fsp3) is 0.625. The van der Waals surface area contributed by atoms with Gasteiger partial charge in [-0.15, -0.1) is 0 Å². The Labute approximate surface area is 137 Å². The molecule has 1 aromatic carbocycles. The van der Waals surface area contributed by atoms with Gasteiger partial charge in [-0.1, -0.05) is 0 Å². The van der Waals surface area contributed by atoms with Crippen LogP contribution < -0.4 is 10.1 Å². The van der Waals surface area contributed by atoms with E-state index in [9.17, 15) is 8.42 Å². The van der Waals surface area contributed by atoms with E-state index >= 15 is 0 Å². The zero-order chi connectivity index (χ0) is 15.9. The maximum absolute atomic E-state index is 12.9. The van der Waals surface area contributed by atoms with E-state index in [1.807, 2.05) is 0 Å². The number of rotatable bonds is 3. The molecule has 0 spiro atoms. The van der Waals surface area contributed by atoms with Gasteiger partial charge >= 0.3 is 0 Å². The molecule has 0 amide bonds. The minimum absolute atomic E-state index is 0.401. The van der Waals surface area contributed by atoms with Crippen LogP contribution in [0.1, 0.15) is 12.0 Å². The normalized spacial score (nSPS) is 26.2. The topological polar surface area (TPSA) is 61.9 Å². The van der Waals surface area contributed by atoms with Crippen molar-refractivity contribution in [2.45, 2.75) is 23.8 Å². The summed E-state index contributed by atoms with van der Waals surface area (Å²) in [6.07, 6.45) is 1.96. The summed E-state index contributed by atoms with van der Waals surface area (Å²) in [5, 5.41) is 3.38. The zero-order valence-corrected chi connectivity index (χ0v) is 14.0. The number of nitrogens with zero attached hydrogens (tertiary/aromatic N) is 2. The van der Waals surface area contributed by atoms with Crippen molar-refractivity contribution in [3.63, 3.8) is 0 Å². The van der Waals surface area contributed by atoms with Gasteiger partial charge in [-0.05, 0) is 36.7 Å². The summed E-state index contributed by atoms with van der Waals surface area (Å²) in [7, 11) is -3.40. The Morgan fingerprint density at radius 3 is 2.74 bits per heavy atom. The number of hydrogen-bond acceptors (Lipinski definition) is 5. The van der Waals surface area contributed by atoms with Crippen molar-refractivity contribution in [1.29, 1.82) is 0 Å². The molecule has 1 N–H and O–H groups in total. The van der Waals surface area contributed by atoms with Gasteiger partial charge in [0, 0.05) is 45.2 Å². The highest BCUT2D eigenvalue weighted by Gasteiger charge is 2.32. The average Bonchev–Trinajstić information content (AvgIpc) is 3.25. The largest absolute Gasteiger partial charge is 0.493 e. The Morgan fingerprint density at radius 1 is 1.17 bits per heavy atom. The Bertz CT molecular complexity index is 678. The molecule has 2 fully saturated rings. The van der Waals surface area contributed by atoms with Crippen LogP contribution in [-0.4, -0.2) is 69.5 Å². The van der Waals surface area contributed by atoms with Crippen LogP contribution in [0.3, 0.4) is 0 Å². The Balaban J connectivity index is 1.47. The Morgan fingerprint density at radius 2 is 2.00 bits per heavy atom. The number of benzene rings is 1. The van der Waals surface area contributed by atoms with Crippen molar-refractivity contribution in [3.8, 4) is 5.75 Å². The third-order valence-electron chi connectivity index (χ3n) is 5.12. The second kappa shape index (κ2) is 6.05. The molecule has 6 nitrogen and oxygen atoms in total. The first kappa shape index (κ1) is 15.4. The fourth-order valence-electron chi connectivity index (χ4n) is 3.73. The lowest BCUT2D eigenvalue weighted by Gasteiger charge is -2.37. The highest BCUT2D eigenvalue weighted by Crippen LogP contribution is 2.29. The molecular formula is C16H23N3O3S. The Kier molecular flexibility index (Phi) is 4.05. The molecule has 3 heterocycles. The van der Waals surface area contributed by atoms with Gasteiger partial charge in [0.15, 0.2) is 0 Å². The number of sulfonamides is 1. The van der Waals surface area contributed by atoms with E-state index in [1.165, 1.54) is 0 Å². The highest BCUT2D eigenvalue weighted by molar-refractivity contribution is 7.89. The zero-order valence-electron chi connectivity index (χ0n) is 13.2. The summed E-state index contributed by atoms with van der Waals surface area (Å²) in [5.41, 5.74) is 1.00. The molecule has 7 heteroatoms. The monoisotopic (exact) mass is 337 g/mol. The second-order valence-corrected chi connectivity index (χ2v) is 8.39. The molecule has 0 radical (unpaired) electrons. The van der Waals surface area contributed by atoms with Crippen molar-refractivity contribution in [2.24, 2.45) is 0 Å². The van der Waals surface area contributed by atoms with Gasteiger partial charge in [0.1, 0.15) is 5.75 Å². The maximum atomic E-state index is 12.9. The van der Waals surface area contributed by atoms with Crippen molar-refractivity contribution in [3.05, 3.63) is 23.8 Å². The van der Waals surface area contributed by atoms with Crippen LogP contribution >= 0.6 is 0 Å². The van der Waals surface area contributed by atoms with Gasteiger partial charge in [0.05, 0.1) is 11.5 Å². The molecular weight excluding hydrogens is 314 g/mol. The number of nitrogens with one attached hydrogen (secondary N) is 1. The van der Waals surface area contributed by atoms with E-state index in [4.69, 9.17) is 4.74 Å². The molecule has 1 unspecified atom stereocenters. The molecule has 23 heavy (non-hydrogen) atoms. The predicted molar refractivity (Wildman–Crippen MR) is 87.2 cm³/mol. The summed E-state index contributed by atoms with van der Waals surface area (Å²) in [4.78, 5) is 2.82. The number of ether oxygens (including phenoxy) is 1. The van der Waals surface area contributed by atoms with Crippen molar-refractivity contribution < 1.29 is 13.2 Å². The molecule has 0 saturated carbocycles.